The summed E-state index contributed by atoms with van der Waals surface area (Å²) in [7, 11) is 0. The lowest BCUT2D eigenvalue weighted by Crippen LogP contribution is -2.20. The summed E-state index contributed by atoms with van der Waals surface area (Å²) in [5, 5.41) is 3.37. The highest BCUT2D eigenvalue weighted by atomic mass is 16.5. The van der Waals surface area contributed by atoms with Gasteiger partial charge in [0.25, 0.3) is 5.56 Å². The summed E-state index contributed by atoms with van der Waals surface area (Å²) < 4.78 is 5.58. The quantitative estimate of drug-likeness (QED) is 0.304. The van der Waals surface area contributed by atoms with Crippen LogP contribution >= 0.6 is 0 Å². The van der Waals surface area contributed by atoms with Crippen LogP contribution in [-0.4, -0.2) is 39.3 Å². The molecule has 0 fully saturated rings. The van der Waals surface area contributed by atoms with Gasteiger partial charge < -0.3 is 25.8 Å². The average Bonchev–Trinajstić information content (AvgIpc) is 3.23. The number of ether oxygens (including phenoxy) is 1. The topological polar surface area (TPSA) is 134 Å². The monoisotopic (exact) mass is 445 g/mol. The van der Waals surface area contributed by atoms with Crippen LogP contribution in [0, 0.1) is 0 Å². The first-order valence-electron chi connectivity index (χ1n) is 10.9. The largest absolute Gasteiger partial charge is 0.494 e. The highest BCUT2D eigenvalue weighted by Crippen LogP contribution is 2.33. The predicted octanol–water partition coefficient (Wildman–Crippen LogP) is 3.91. The summed E-state index contributed by atoms with van der Waals surface area (Å²) in [6.45, 7) is 6.92. The molecule has 9 heteroatoms. The molecule has 4 aromatic rings. The predicted molar refractivity (Wildman–Crippen MR) is 132 cm³/mol. The number of aromatic nitrogens is 4. The summed E-state index contributed by atoms with van der Waals surface area (Å²) in [6.07, 6.45) is 3.30. The van der Waals surface area contributed by atoms with E-state index >= 15 is 0 Å². The van der Waals surface area contributed by atoms with E-state index in [2.05, 4.69) is 30.2 Å². The van der Waals surface area contributed by atoms with Crippen molar-refractivity contribution in [1.29, 1.82) is 0 Å². The lowest BCUT2D eigenvalue weighted by Gasteiger charge is -2.19. The molecule has 0 spiro atoms. The van der Waals surface area contributed by atoms with E-state index in [1.54, 1.807) is 12.4 Å². The second-order valence-electron chi connectivity index (χ2n) is 7.48. The molecule has 0 aliphatic rings. The first-order chi connectivity index (χ1) is 16.0. The summed E-state index contributed by atoms with van der Waals surface area (Å²) >= 11 is 0. The molecule has 1 aromatic carbocycles. The van der Waals surface area contributed by atoms with Crippen molar-refractivity contribution < 1.29 is 4.74 Å². The van der Waals surface area contributed by atoms with Gasteiger partial charge in [-0.25, -0.2) is 4.98 Å². The van der Waals surface area contributed by atoms with Crippen LogP contribution in [0.3, 0.4) is 0 Å². The maximum absolute atomic E-state index is 13.2. The van der Waals surface area contributed by atoms with Gasteiger partial charge in [0.1, 0.15) is 17.1 Å². The van der Waals surface area contributed by atoms with Crippen LogP contribution in [0.1, 0.15) is 38.2 Å². The van der Waals surface area contributed by atoms with Crippen LogP contribution in [0.5, 0.6) is 5.75 Å². The molecular weight excluding hydrogens is 418 g/mol. The molecule has 0 unspecified atom stereocenters. The van der Waals surface area contributed by atoms with Gasteiger partial charge in [0.05, 0.1) is 46.4 Å². The van der Waals surface area contributed by atoms with E-state index < -0.39 is 0 Å². The van der Waals surface area contributed by atoms with Crippen LogP contribution < -0.4 is 21.3 Å². The molecule has 0 aliphatic heterocycles. The third-order valence-electron chi connectivity index (χ3n) is 5.18. The van der Waals surface area contributed by atoms with Gasteiger partial charge in [-0.3, -0.25) is 14.8 Å². The molecule has 3 heterocycles. The Bertz CT molecular complexity index is 1340. The highest BCUT2D eigenvalue weighted by Gasteiger charge is 2.22. The number of fused-ring (bicyclic) bond motifs is 1. The van der Waals surface area contributed by atoms with Crippen molar-refractivity contribution in [2.75, 3.05) is 24.2 Å². The number of nitrogens with one attached hydrogen (secondary N) is 3. The number of hydrogen-bond acceptors (Lipinski definition) is 7. The number of rotatable bonds is 8. The Kier molecular flexibility index (Phi) is 6.39. The molecule has 3 aromatic heterocycles. The second kappa shape index (κ2) is 9.56. The number of nitrogens with zero attached hydrogens (tertiary/aromatic N) is 3. The molecule has 0 amide bonds. The maximum Gasteiger partial charge on any atom is 0.261 e. The third kappa shape index (κ3) is 4.57. The van der Waals surface area contributed by atoms with Crippen molar-refractivity contribution >= 4 is 28.6 Å². The van der Waals surface area contributed by atoms with Gasteiger partial charge in [0, 0.05) is 25.0 Å². The number of nitrogen functional groups attached to an aromatic ring is 1. The number of benzene rings is 1. The normalized spacial score (nSPS) is 12.3. The molecule has 0 aliphatic carbocycles. The molecule has 0 radical (unpaired) electrons. The lowest BCUT2D eigenvalue weighted by atomic mass is 10.1. The van der Waals surface area contributed by atoms with E-state index in [4.69, 9.17) is 10.5 Å². The van der Waals surface area contributed by atoms with Gasteiger partial charge in [0.2, 0.25) is 0 Å². The number of H-pyrrole nitrogens is 2. The van der Waals surface area contributed by atoms with Crippen molar-refractivity contribution in [2.24, 2.45) is 4.99 Å². The van der Waals surface area contributed by atoms with Crippen LogP contribution in [0.2, 0.25) is 0 Å². The van der Waals surface area contributed by atoms with Crippen molar-refractivity contribution in [3.63, 3.8) is 0 Å². The Hall–Kier alpha value is -4.14. The average molecular weight is 446 g/mol. The highest BCUT2D eigenvalue weighted by molar-refractivity contribution is 5.95. The molecule has 5 N–H and O–H groups in total. The minimum Gasteiger partial charge on any atom is -0.494 e. The van der Waals surface area contributed by atoms with Crippen molar-refractivity contribution in [3.8, 4) is 17.1 Å². The Labute approximate surface area is 191 Å². The van der Waals surface area contributed by atoms with Crippen molar-refractivity contribution in [2.45, 2.75) is 26.8 Å². The molecule has 0 saturated heterocycles. The molecule has 33 heavy (non-hydrogen) atoms. The van der Waals surface area contributed by atoms with E-state index in [0.29, 0.717) is 47.1 Å². The minimum atomic E-state index is -0.332. The fourth-order valence-corrected chi connectivity index (χ4v) is 3.58. The zero-order valence-corrected chi connectivity index (χ0v) is 18.8. The van der Waals surface area contributed by atoms with E-state index in [0.717, 1.165) is 17.0 Å². The molecular formula is C24H27N7O2. The SMILES string of the molecule is CCN=Cc1[nH]c(=O)c(-c2nc3ccc(OCC)cc3[nH]2)c(N[C@@H](C)c2ccccn2)c1N. The Balaban J connectivity index is 1.86. The standard InChI is InChI=1S/C24H27N7O2/c1-4-26-13-19-21(25)22(28-14(3)16-8-6-7-11-27-16)20(24(32)31-19)23-29-17-10-9-15(33-5-2)12-18(17)30-23/h6-14H,4-5,25H2,1-3H3,(H,29,30)(H2,28,31,32)/t14-/m0/s1. The zero-order chi connectivity index (χ0) is 23.4. The summed E-state index contributed by atoms with van der Waals surface area (Å²) in [5.41, 5.74) is 10.1. The number of anilines is 2. The van der Waals surface area contributed by atoms with Crippen LogP contribution in [-0.2, 0) is 0 Å². The van der Waals surface area contributed by atoms with E-state index in [1.807, 2.05) is 57.2 Å². The number of imidazole rings is 1. The Morgan fingerprint density at radius 1 is 1.24 bits per heavy atom. The third-order valence-corrected chi connectivity index (χ3v) is 5.18. The van der Waals surface area contributed by atoms with Gasteiger partial charge in [-0.15, -0.1) is 0 Å². The molecule has 9 nitrogen and oxygen atoms in total. The van der Waals surface area contributed by atoms with E-state index in [9.17, 15) is 4.79 Å². The fraction of sp³-hybridized carbons (Fsp3) is 0.250. The number of pyridine rings is 2. The van der Waals surface area contributed by atoms with Crippen molar-refractivity contribution in [1.82, 2.24) is 19.9 Å². The number of aromatic amines is 2. The smallest absolute Gasteiger partial charge is 0.261 e. The number of nitrogens with two attached hydrogens (primary N) is 1. The van der Waals surface area contributed by atoms with Gasteiger partial charge >= 0.3 is 0 Å². The first-order valence-corrected chi connectivity index (χ1v) is 10.9. The zero-order valence-electron chi connectivity index (χ0n) is 18.8. The molecule has 0 saturated carbocycles. The molecule has 0 bridgehead atoms. The van der Waals surface area contributed by atoms with E-state index in [-0.39, 0.29) is 11.6 Å². The molecule has 170 valence electrons. The summed E-state index contributed by atoms with van der Waals surface area (Å²) in [4.78, 5) is 32.6. The lowest BCUT2D eigenvalue weighted by molar-refractivity contribution is 0.340. The van der Waals surface area contributed by atoms with Crippen LogP contribution in [0.4, 0.5) is 11.4 Å². The van der Waals surface area contributed by atoms with Gasteiger partial charge in [-0.05, 0) is 45.0 Å². The minimum absolute atomic E-state index is 0.209. The van der Waals surface area contributed by atoms with Crippen molar-refractivity contribution in [3.05, 3.63) is 64.3 Å². The first kappa shape index (κ1) is 22.1. The molecule has 4 rings (SSSR count). The maximum atomic E-state index is 13.2. The summed E-state index contributed by atoms with van der Waals surface area (Å²) in [6, 6.07) is 11.0. The van der Waals surface area contributed by atoms with Gasteiger partial charge in [0.15, 0.2) is 0 Å². The summed E-state index contributed by atoms with van der Waals surface area (Å²) in [5.74, 6) is 1.13. The Morgan fingerprint density at radius 3 is 2.82 bits per heavy atom. The Morgan fingerprint density at radius 2 is 2.09 bits per heavy atom. The number of aliphatic imine (C=N–C) groups is 1. The van der Waals surface area contributed by atoms with Gasteiger partial charge in [-0.1, -0.05) is 6.07 Å². The van der Waals surface area contributed by atoms with E-state index in [1.165, 1.54) is 0 Å². The fourth-order valence-electron chi connectivity index (χ4n) is 3.58. The van der Waals surface area contributed by atoms with Gasteiger partial charge in [-0.2, -0.15) is 0 Å². The second-order valence-corrected chi connectivity index (χ2v) is 7.48. The number of hydrogen-bond donors (Lipinski definition) is 4. The van der Waals surface area contributed by atoms with Crippen LogP contribution in [0.15, 0.2) is 52.4 Å². The molecule has 1 atom stereocenters. The van der Waals surface area contributed by atoms with Crippen LogP contribution in [0.25, 0.3) is 22.4 Å².